The van der Waals surface area contributed by atoms with Crippen molar-refractivity contribution in [1.29, 1.82) is 0 Å². The Hall–Kier alpha value is -2.33. The van der Waals surface area contributed by atoms with Crippen molar-refractivity contribution in [1.82, 2.24) is 4.98 Å². The number of nitrogens with zero attached hydrogens (tertiary/aromatic N) is 1. The van der Waals surface area contributed by atoms with E-state index in [1.54, 1.807) is 7.11 Å². The smallest absolute Gasteiger partial charge is 0.121 e. The first-order chi connectivity index (χ1) is 11.6. The van der Waals surface area contributed by atoms with E-state index in [0.717, 1.165) is 47.2 Å². The van der Waals surface area contributed by atoms with Crippen molar-refractivity contribution >= 4 is 27.5 Å². The number of nitrogens with one attached hydrogen (secondary N) is 1. The van der Waals surface area contributed by atoms with Gasteiger partial charge in [0.15, 0.2) is 0 Å². The van der Waals surface area contributed by atoms with Gasteiger partial charge in [-0.3, -0.25) is 0 Å². The molecule has 126 valence electrons. The molecule has 3 rings (SSSR count). The Balaban J connectivity index is 2.06. The summed E-state index contributed by atoms with van der Waals surface area (Å²) in [6, 6.07) is 12.6. The van der Waals surface area contributed by atoms with E-state index < -0.39 is 0 Å². The molecule has 0 aliphatic heterocycles. The summed E-state index contributed by atoms with van der Waals surface area (Å²) >= 11 is 0. The summed E-state index contributed by atoms with van der Waals surface area (Å²) in [4.78, 5) is 4.88. The number of hydrogen-bond acceptors (Lipinski definition) is 4. The first-order valence-electron chi connectivity index (χ1n) is 8.46. The van der Waals surface area contributed by atoms with Crippen LogP contribution in [0, 0.1) is 6.92 Å². The zero-order valence-corrected chi connectivity index (χ0v) is 14.6. The van der Waals surface area contributed by atoms with Crippen molar-refractivity contribution in [2.75, 3.05) is 19.0 Å². The third-order valence-electron chi connectivity index (χ3n) is 4.42. The zero-order chi connectivity index (χ0) is 17.1. The van der Waals surface area contributed by atoms with Gasteiger partial charge in [-0.05, 0) is 44.4 Å². The van der Waals surface area contributed by atoms with Gasteiger partial charge in [0.25, 0.3) is 0 Å². The molecule has 1 atom stereocenters. The number of aryl methyl sites for hydroxylation is 1. The normalized spacial score (nSPS) is 12.5. The predicted molar refractivity (Wildman–Crippen MR) is 102 cm³/mol. The monoisotopic (exact) mass is 323 g/mol. The van der Waals surface area contributed by atoms with E-state index in [1.165, 1.54) is 10.9 Å². The number of fused-ring (bicyclic) bond motifs is 2. The molecule has 0 amide bonds. The van der Waals surface area contributed by atoms with Gasteiger partial charge in [0, 0.05) is 29.4 Å². The van der Waals surface area contributed by atoms with E-state index in [2.05, 4.69) is 36.5 Å². The minimum atomic E-state index is 0.234. The summed E-state index contributed by atoms with van der Waals surface area (Å²) in [7, 11) is 1.70. The van der Waals surface area contributed by atoms with Crippen LogP contribution in [0.25, 0.3) is 21.8 Å². The Morgan fingerprint density at radius 2 is 2.00 bits per heavy atom. The van der Waals surface area contributed by atoms with E-state index in [9.17, 15) is 0 Å². The van der Waals surface area contributed by atoms with Crippen molar-refractivity contribution < 1.29 is 4.74 Å². The third kappa shape index (κ3) is 3.29. The molecule has 4 nitrogen and oxygen atoms in total. The van der Waals surface area contributed by atoms with Gasteiger partial charge in [0.1, 0.15) is 5.75 Å². The Labute approximate surface area is 143 Å². The highest BCUT2D eigenvalue weighted by Gasteiger charge is 2.11. The SMILES string of the molecule is COc1cc(NCCC[C@H](C)N)c2nc3ccccc3c(C)c2c1. The van der Waals surface area contributed by atoms with Crippen LogP contribution in [0.4, 0.5) is 5.69 Å². The minimum Gasteiger partial charge on any atom is -0.497 e. The largest absolute Gasteiger partial charge is 0.497 e. The van der Waals surface area contributed by atoms with Gasteiger partial charge in [0.2, 0.25) is 0 Å². The number of benzene rings is 2. The second-order valence-corrected chi connectivity index (χ2v) is 6.37. The lowest BCUT2D eigenvalue weighted by atomic mass is 10.0. The van der Waals surface area contributed by atoms with Crippen molar-refractivity contribution in [3.05, 3.63) is 42.0 Å². The van der Waals surface area contributed by atoms with Gasteiger partial charge in [0.05, 0.1) is 23.8 Å². The third-order valence-corrected chi connectivity index (χ3v) is 4.42. The highest BCUT2D eigenvalue weighted by atomic mass is 16.5. The molecule has 0 fully saturated rings. The number of nitrogens with two attached hydrogens (primary N) is 1. The van der Waals surface area contributed by atoms with Gasteiger partial charge >= 0.3 is 0 Å². The Kier molecular flexibility index (Phi) is 4.86. The van der Waals surface area contributed by atoms with E-state index in [1.807, 2.05) is 19.1 Å². The van der Waals surface area contributed by atoms with Crippen LogP contribution in [0.3, 0.4) is 0 Å². The summed E-state index contributed by atoms with van der Waals surface area (Å²) < 4.78 is 5.49. The highest BCUT2D eigenvalue weighted by Crippen LogP contribution is 2.33. The second-order valence-electron chi connectivity index (χ2n) is 6.37. The average Bonchev–Trinajstić information content (AvgIpc) is 2.59. The summed E-state index contributed by atoms with van der Waals surface area (Å²) in [5.74, 6) is 0.845. The molecule has 3 N–H and O–H groups in total. The van der Waals surface area contributed by atoms with Crippen LogP contribution >= 0.6 is 0 Å². The molecule has 0 bridgehead atoms. The fraction of sp³-hybridized carbons (Fsp3) is 0.350. The van der Waals surface area contributed by atoms with Crippen LogP contribution in [-0.4, -0.2) is 24.7 Å². The first kappa shape index (κ1) is 16.5. The molecule has 1 heterocycles. The summed E-state index contributed by atoms with van der Waals surface area (Å²) in [5, 5.41) is 5.82. The molecule has 0 radical (unpaired) electrons. The summed E-state index contributed by atoms with van der Waals surface area (Å²) in [6.07, 6.45) is 2.03. The predicted octanol–water partition coefficient (Wildman–Crippen LogP) is 4.24. The van der Waals surface area contributed by atoms with Gasteiger partial charge in [-0.15, -0.1) is 0 Å². The van der Waals surface area contributed by atoms with E-state index in [-0.39, 0.29) is 6.04 Å². The molecule has 0 saturated carbocycles. The maximum absolute atomic E-state index is 5.83. The van der Waals surface area contributed by atoms with Gasteiger partial charge in [-0.2, -0.15) is 0 Å². The van der Waals surface area contributed by atoms with Crippen molar-refractivity contribution in [3.63, 3.8) is 0 Å². The molecule has 0 unspecified atom stereocenters. The maximum atomic E-state index is 5.83. The van der Waals surface area contributed by atoms with Crippen LogP contribution in [-0.2, 0) is 0 Å². The zero-order valence-electron chi connectivity index (χ0n) is 14.6. The van der Waals surface area contributed by atoms with Gasteiger partial charge in [-0.1, -0.05) is 18.2 Å². The van der Waals surface area contributed by atoms with E-state index >= 15 is 0 Å². The van der Waals surface area contributed by atoms with E-state index in [4.69, 9.17) is 15.5 Å². The molecular weight excluding hydrogens is 298 g/mol. The lowest BCUT2D eigenvalue weighted by molar-refractivity contribution is 0.415. The standard InChI is InChI=1S/C20H25N3O/c1-13(21)7-6-10-22-19-12-15(24-3)11-17-14(2)16-8-4-5-9-18(16)23-20(17)19/h4-5,8-9,11-13,22H,6-7,10,21H2,1-3H3/t13-/m0/s1. The number of rotatable bonds is 6. The van der Waals surface area contributed by atoms with Crippen LogP contribution in [0.1, 0.15) is 25.3 Å². The fourth-order valence-corrected chi connectivity index (χ4v) is 3.07. The van der Waals surface area contributed by atoms with E-state index in [0.29, 0.717) is 0 Å². The van der Waals surface area contributed by atoms with Crippen LogP contribution in [0.15, 0.2) is 36.4 Å². The molecule has 1 aromatic heterocycles. The molecular formula is C20H25N3O. The van der Waals surface area contributed by atoms with Crippen LogP contribution in [0.5, 0.6) is 5.75 Å². The molecule has 2 aromatic carbocycles. The van der Waals surface area contributed by atoms with Gasteiger partial charge < -0.3 is 15.8 Å². The number of anilines is 1. The molecule has 3 aromatic rings. The number of ether oxygens (including phenoxy) is 1. The molecule has 0 aliphatic carbocycles. The quantitative estimate of drug-likeness (QED) is 0.526. The highest BCUT2D eigenvalue weighted by molar-refractivity contribution is 6.02. The first-order valence-corrected chi connectivity index (χ1v) is 8.46. The topological polar surface area (TPSA) is 60.2 Å². The van der Waals surface area contributed by atoms with Crippen LogP contribution in [0.2, 0.25) is 0 Å². The van der Waals surface area contributed by atoms with Crippen LogP contribution < -0.4 is 15.8 Å². The Morgan fingerprint density at radius 1 is 1.21 bits per heavy atom. The van der Waals surface area contributed by atoms with Crippen molar-refractivity contribution in [2.24, 2.45) is 5.73 Å². The maximum Gasteiger partial charge on any atom is 0.121 e. The molecule has 0 aliphatic rings. The number of hydrogen-bond donors (Lipinski definition) is 2. The van der Waals surface area contributed by atoms with Gasteiger partial charge in [-0.25, -0.2) is 4.98 Å². The fourth-order valence-electron chi connectivity index (χ4n) is 3.07. The van der Waals surface area contributed by atoms with Crippen molar-refractivity contribution in [3.8, 4) is 5.75 Å². The second kappa shape index (κ2) is 7.05. The molecule has 4 heteroatoms. The Morgan fingerprint density at radius 3 is 2.75 bits per heavy atom. The molecule has 24 heavy (non-hydrogen) atoms. The number of methoxy groups -OCH3 is 1. The lowest BCUT2D eigenvalue weighted by Gasteiger charge is -2.15. The molecule has 0 saturated heterocycles. The molecule has 0 spiro atoms. The number of pyridine rings is 1. The lowest BCUT2D eigenvalue weighted by Crippen LogP contribution is -2.16. The average molecular weight is 323 g/mol. The Bertz CT molecular complexity index is 858. The number of para-hydroxylation sites is 1. The van der Waals surface area contributed by atoms with Crippen molar-refractivity contribution in [2.45, 2.75) is 32.7 Å². The summed E-state index contributed by atoms with van der Waals surface area (Å²) in [6.45, 7) is 5.06. The minimum absolute atomic E-state index is 0.234. The summed E-state index contributed by atoms with van der Waals surface area (Å²) in [5.41, 5.74) is 10.1. The number of aromatic nitrogens is 1.